The average Bonchev–Trinajstić information content (AvgIpc) is 2.99. The third-order valence-electron chi connectivity index (χ3n) is 3.39. The molecule has 1 heterocycles. The van der Waals surface area contributed by atoms with E-state index in [0.29, 0.717) is 6.54 Å². The van der Waals surface area contributed by atoms with Gasteiger partial charge < -0.3 is 10.4 Å². The van der Waals surface area contributed by atoms with Gasteiger partial charge in [-0.1, -0.05) is 0 Å². The Balaban J connectivity index is 1.77. The number of nitrogens with zero attached hydrogens (tertiary/aromatic N) is 2. The molecule has 0 aliphatic heterocycles. The number of rotatable bonds is 6. The van der Waals surface area contributed by atoms with Crippen molar-refractivity contribution in [2.45, 2.75) is 19.3 Å². The highest BCUT2D eigenvalue weighted by Gasteiger charge is 2.41. The Morgan fingerprint density at radius 2 is 2.44 bits per heavy atom. The van der Waals surface area contributed by atoms with E-state index in [-0.39, 0.29) is 17.9 Å². The monoisotopic (exact) mass is 249 g/mol. The molecule has 0 saturated heterocycles. The highest BCUT2D eigenvalue weighted by Crippen LogP contribution is 2.47. The van der Waals surface area contributed by atoms with Crippen LogP contribution in [0.1, 0.15) is 24.8 Å². The maximum absolute atomic E-state index is 11.6. The number of amides is 1. The molecule has 5 heteroatoms. The summed E-state index contributed by atoms with van der Waals surface area (Å²) < 4.78 is 1.69. The van der Waals surface area contributed by atoms with E-state index in [9.17, 15) is 4.79 Å². The van der Waals surface area contributed by atoms with Crippen molar-refractivity contribution in [2.24, 2.45) is 12.5 Å². The van der Waals surface area contributed by atoms with E-state index < -0.39 is 0 Å². The number of carbonyl (C=O) groups is 1. The van der Waals surface area contributed by atoms with Gasteiger partial charge in [0.05, 0.1) is 6.20 Å². The molecule has 2 rings (SSSR count). The van der Waals surface area contributed by atoms with E-state index >= 15 is 0 Å². The van der Waals surface area contributed by atoms with Crippen LogP contribution in [0.4, 0.5) is 0 Å². The zero-order valence-corrected chi connectivity index (χ0v) is 10.6. The molecule has 0 unspecified atom stereocenters. The van der Waals surface area contributed by atoms with Gasteiger partial charge in [-0.2, -0.15) is 5.10 Å². The van der Waals surface area contributed by atoms with Crippen LogP contribution in [0.15, 0.2) is 18.5 Å². The lowest BCUT2D eigenvalue weighted by atomic mass is 10.0. The predicted octanol–water partition coefficient (Wildman–Crippen LogP) is 0.712. The van der Waals surface area contributed by atoms with E-state index in [2.05, 4.69) is 10.4 Å². The van der Waals surface area contributed by atoms with Crippen LogP contribution in [-0.4, -0.2) is 33.9 Å². The Labute approximate surface area is 106 Å². The summed E-state index contributed by atoms with van der Waals surface area (Å²) in [7, 11) is 1.84. The molecule has 1 aromatic heterocycles. The number of carbonyl (C=O) groups excluding carboxylic acids is 1. The average molecular weight is 249 g/mol. The van der Waals surface area contributed by atoms with Gasteiger partial charge in [-0.15, -0.1) is 0 Å². The Morgan fingerprint density at radius 3 is 3.00 bits per heavy atom. The van der Waals surface area contributed by atoms with Crippen molar-refractivity contribution in [3.05, 3.63) is 24.0 Å². The second-order valence-electron chi connectivity index (χ2n) is 4.97. The number of hydrogen-bond donors (Lipinski definition) is 2. The number of nitrogens with one attached hydrogen (secondary N) is 1. The maximum atomic E-state index is 11.6. The molecular weight excluding hydrogens is 230 g/mol. The lowest BCUT2D eigenvalue weighted by Crippen LogP contribution is -2.29. The summed E-state index contributed by atoms with van der Waals surface area (Å²) in [6.07, 6.45) is 9.79. The standard InChI is InChI=1S/C13H19N3O2/c1-16-9-11(8-15-16)2-3-12(18)14-10-13(4-5-13)6-7-17/h2-3,8-9,17H,4-7,10H2,1H3,(H,14,18)/b3-2+. The van der Waals surface area contributed by atoms with Crippen LogP contribution in [0.25, 0.3) is 6.08 Å². The number of hydrogen-bond acceptors (Lipinski definition) is 3. The molecule has 98 valence electrons. The lowest BCUT2D eigenvalue weighted by Gasteiger charge is -2.13. The molecule has 0 atom stereocenters. The first-order chi connectivity index (χ1) is 8.63. The normalized spacial score (nSPS) is 17.0. The molecule has 1 aliphatic rings. The van der Waals surface area contributed by atoms with Crippen LogP contribution >= 0.6 is 0 Å². The zero-order valence-electron chi connectivity index (χ0n) is 10.6. The Hall–Kier alpha value is -1.62. The van der Waals surface area contributed by atoms with Gasteiger partial charge in [-0.05, 0) is 30.8 Å². The topological polar surface area (TPSA) is 67.2 Å². The lowest BCUT2D eigenvalue weighted by molar-refractivity contribution is -0.116. The van der Waals surface area contributed by atoms with Crippen LogP contribution in [0.2, 0.25) is 0 Å². The second kappa shape index (κ2) is 5.35. The van der Waals surface area contributed by atoms with Crippen molar-refractivity contribution in [1.82, 2.24) is 15.1 Å². The molecule has 5 nitrogen and oxygen atoms in total. The van der Waals surface area contributed by atoms with Gasteiger partial charge in [-0.25, -0.2) is 0 Å². The summed E-state index contributed by atoms with van der Waals surface area (Å²) in [6.45, 7) is 0.852. The third kappa shape index (κ3) is 3.43. The molecule has 2 N–H and O–H groups in total. The maximum Gasteiger partial charge on any atom is 0.244 e. The minimum atomic E-state index is -0.0944. The summed E-state index contributed by atoms with van der Waals surface area (Å²) in [6, 6.07) is 0. The van der Waals surface area contributed by atoms with Crippen molar-refractivity contribution in [3.63, 3.8) is 0 Å². The Kier molecular flexibility index (Phi) is 3.81. The quantitative estimate of drug-likeness (QED) is 0.730. The van der Waals surface area contributed by atoms with Crippen molar-refractivity contribution in [1.29, 1.82) is 0 Å². The second-order valence-corrected chi connectivity index (χ2v) is 4.97. The third-order valence-corrected chi connectivity index (χ3v) is 3.39. The van der Waals surface area contributed by atoms with Crippen molar-refractivity contribution in [3.8, 4) is 0 Å². The molecule has 1 saturated carbocycles. The van der Waals surface area contributed by atoms with E-state index in [1.807, 2.05) is 13.2 Å². The highest BCUT2D eigenvalue weighted by molar-refractivity contribution is 5.91. The summed E-state index contributed by atoms with van der Waals surface area (Å²) in [5.41, 5.74) is 1.07. The fourth-order valence-corrected chi connectivity index (χ4v) is 1.96. The van der Waals surface area contributed by atoms with Crippen LogP contribution in [0.5, 0.6) is 0 Å². The molecule has 18 heavy (non-hydrogen) atoms. The minimum absolute atomic E-state index is 0.0944. The smallest absolute Gasteiger partial charge is 0.244 e. The van der Waals surface area contributed by atoms with Gasteiger partial charge in [0, 0.05) is 38.0 Å². The summed E-state index contributed by atoms with van der Waals surface area (Å²) in [5.74, 6) is -0.0944. The minimum Gasteiger partial charge on any atom is -0.396 e. The Morgan fingerprint density at radius 1 is 1.67 bits per heavy atom. The molecule has 0 aromatic carbocycles. The molecule has 1 aliphatic carbocycles. The van der Waals surface area contributed by atoms with Gasteiger partial charge in [0.15, 0.2) is 0 Å². The zero-order chi connectivity index (χ0) is 13.0. The molecule has 1 amide bonds. The van der Waals surface area contributed by atoms with E-state index in [1.165, 1.54) is 6.08 Å². The number of aliphatic hydroxyl groups excluding tert-OH is 1. The van der Waals surface area contributed by atoms with Crippen LogP contribution in [0, 0.1) is 5.41 Å². The first kappa shape index (κ1) is 12.8. The summed E-state index contributed by atoms with van der Waals surface area (Å²) >= 11 is 0. The van der Waals surface area contributed by atoms with Crippen LogP contribution < -0.4 is 5.32 Å². The van der Waals surface area contributed by atoms with Crippen molar-refractivity contribution >= 4 is 12.0 Å². The summed E-state index contributed by atoms with van der Waals surface area (Å²) in [5, 5.41) is 15.8. The van der Waals surface area contributed by atoms with E-state index in [0.717, 1.165) is 24.8 Å². The van der Waals surface area contributed by atoms with Crippen molar-refractivity contribution in [2.75, 3.05) is 13.2 Å². The first-order valence-corrected chi connectivity index (χ1v) is 6.19. The fraction of sp³-hybridized carbons (Fsp3) is 0.538. The number of aliphatic hydroxyl groups is 1. The van der Waals surface area contributed by atoms with Crippen molar-refractivity contribution < 1.29 is 9.90 Å². The molecule has 0 radical (unpaired) electrons. The number of aryl methyl sites for hydroxylation is 1. The Bertz CT molecular complexity index is 447. The van der Waals surface area contributed by atoms with Crippen LogP contribution in [0.3, 0.4) is 0 Å². The molecule has 0 spiro atoms. The van der Waals surface area contributed by atoms with Gasteiger partial charge in [-0.3, -0.25) is 9.48 Å². The fourth-order valence-electron chi connectivity index (χ4n) is 1.96. The van der Waals surface area contributed by atoms with E-state index in [4.69, 9.17) is 5.11 Å². The number of aromatic nitrogens is 2. The highest BCUT2D eigenvalue weighted by atomic mass is 16.3. The van der Waals surface area contributed by atoms with Gasteiger partial charge in [0.2, 0.25) is 5.91 Å². The predicted molar refractivity (Wildman–Crippen MR) is 68.6 cm³/mol. The molecule has 1 aromatic rings. The van der Waals surface area contributed by atoms with Gasteiger partial charge in [0.1, 0.15) is 0 Å². The largest absolute Gasteiger partial charge is 0.396 e. The molecule has 0 bridgehead atoms. The first-order valence-electron chi connectivity index (χ1n) is 6.19. The van der Waals surface area contributed by atoms with Gasteiger partial charge >= 0.3 is 0 Å². The SMILES string of the molecule is Cn1cc(/C=C/C(=O)NCC2(CCO)CC2)cn1. The van der Waals surface area contributed by atoms with Gasteiger partial charge in [0.25, 0.3) is 0 Å². The molecular formula is C13H19N3O2. The van der Waals surface area contributed by atoms with E-state index in [1.54, 1.807) is 17.0 Å². The summed E-state index contributed by atoms with van der Waals surface area (Å²) in [4.78, 5) is 11.6. The van der Waals surface area contributed by atoms with Crippen LogP contribution in [-0.2, 0) is 11.8 Å². The molecule has 1 fully saturated rings.